The van der Waals surface area contributed by atoms with Crippen molar-refractivity contribution in [3.8, 4) is 11.5 Å². The maximum Gasteiger partial charge on any atom is 0.290 e. The van der Waals surface area contributed by atoms with Crippen molar-refractivity contribution in [3.63, 3.8) is 0 Å². The molecule has 3 aromatic rings. The third-order valence-corrected chi connectivity index (χ3v) is 6.42. The van der Waals surface area contributed by atoms with Gasteiger partial charge < -0.3 is 18.8 Å². The van der Waals surface area contributed by atoms with Crippen LogP contribution >= 0.6 is 0 Å². The van der Waals surface area contributed by atoms with Crippen LogP contribution in [0.4, 0.5) is 0 Å². The van der Waals surface area contributed by atoms with Crippen molar-refractivity contribution in [2.45, 2.75) is 24.6 Å². The van der Waals surface area contributed by atoms with Crippen molar-refractivity contribution >= 4 is 26.7 Å². The first kappa shape index (κ1) is 21.2. The van der Waals surface area contributed by atoms with E-state index in [0.29, 0.717) is 34.6 Å². The molecule has 2 aromatic carbocycles. The molecule has 1 fully saturated rings. The summed E-state index contributed by atoms with van der Waals surface area (Å²) in [6.45, 7) is 0.541. The quantitative estimate of drug-likeness (QED) is 0.573. The van der Waals surface area contributed by atoms with E-state index < -0.39 is 9.84 Å². The molecule has 0 spiro atoms. The molecule has 0 bridgehead atoms. The fourth-order valence-electron chi connectivity index (χ4n) is 4.24. The summed E-state index contributed by atoms with van der Waals surface area (Å²) in [5, 5.41) is 0.644. The van der Waals surface area contributed by atoms with Crippen LogP contribution in [0, 0.1) is 0 Å². The normalized spacial score (nSPS) is 16.6. The van der Waals surface area contributed by atoms with E-state index in [1.807, 2.05) is 18.2 Å². The Hall–Kier alpha value is -3.00. The molecule has 8 heteroatoms. The molecule has 0 saturated carbocycles. The number of hydrogen-bond donors (Lipinski definition) is 0. The Morgan fingerprint density at radius 3 is 2.65 bits per heavy atom. The summed E-state index contributed by atoms with van der Waals surface area (Å²) in [5.41, 5.74) is 1.76. The number of fused-ring (bicyclic) bond motifs is 1. The molecular formula is C23H25NO6S. The van der Waals surface area contributed by atoms with Crippen LogP contribution in [0.5, 0.6) is 11.5 Å². The maximum absolute atomic E-state index is 13.6. The van der Waals surface area contributed by atoms with Gasteiger partial charge in [0.25, 0.3) is 5.91 Å². The SMILES string of the molecule is COc1ccc(OC)c(C2CCCN2C(=O)c2oc3ccccc3c2CS(C)(=O)=O)c1. The Balaban J connectivity index is 1.78. The summed E-state index contributed by atoms with van der Waals surface area (Å²) < 4.78 is 41.0. The van der Waals surface area contributed by atoms with Gasteiger partial charge in [0, 0.05) is 29.3 Å². The molecule has 1 aromatic heterocycles. The first-order valence-electron chi connectivity index (χ1n) is 10.0. The molecule has 0 aliphatic carbocycles. The van der Waals surface area contributed by atoms with Crippen LogP contribution in [0.2, 0.25) is 0 Å². The Kier molecular flexibility index (Phi) is 5.66. The Labute approximate surface area is 181 Å². The highest BCUT2D eigenvalue weighted by molar-refractivity contribution is 7.89. The van der Waals surface area contributed by atoms with Crippen molar-refractivity contribution in [3.05, 3.63) is 59.4 Å². The van der Waals surface area contributed by atoms with Gasteiger partial charge in [-0.05, 0) is 37.1 Å². The Morgan fingerprint density at radius 1 is 1.16 bits per heavy atom. The predicted molar refractivity (Wildman–Crippen MR) is 117 cm³/mol. The highest BCUT2D eigenvalue weighted by Gasteiger charge is 2.36. The number of likely N-dealkylation sites (tertiary alicyclic amines) is 1. The van der Waals surface area contributed by atoms with Gasteiger partial charge in [-0.3, -0.25) is 4.79 Å². The smallest absolute Gasteiger partial charge is 0.290 e. The molecule has 1 unspecified atom stereocenters. The van der Waals surface area contributed by atoms with E-state index in [1.54, 1.807) is 43.4 Å². The minimum atomic E-state index is -3.37. The lowest BCUT2D eigenvalue weighted by Crippen LogP contribution is -2.31. The zero-order chi connectivity index (χ0) is 22.2. The molecule has 1 aliphatic heterocycles. The minimum absolute atomic E-state index is 0.0837. The average molecular weight is 444 g/mol. The standard InChI is InChI=1S/C23H25NO6S/c1-28-15-10-11-20(29-2)17(13-15)19-8-6-12-24(19)23(25)22-18(14-31(3,26)27)16-7-4-5-9-21(16)30-22/h4-5,7,9-11,13,19H,6,8,12,14H2,1-3H3. The number of amides is 1. The molecule has 1 atom stereocenters. The zero-order valence-electron chi connectivity index (χ0n) is 17.8. The molecule has 0 N–H and O–H groups in total. The molecular weight excluding hydrogens is 418 g/mol. The van der Waals surface area contributed by atoms with Crippen molar-refractivity contribution < 1.29 is 27.1 Å². The van der Waals surface area contributed by atoms with E-state index in [0.717, 1.165) is 24.7 Å². The molecule has 1 amide bonds. The first-order chi connectivity index (χ1) is 14.8. The summed E-state index contributed by atoms with van der Waals surface area (Å²) in [5.74, 6) is 0.859. The number of carbonyl (C=O) groups excluding carboxylic acids is 1. The van der Waals surface area contributed by atoms with Crippen LogP contribution in [-0.2, 0) is 15.6 Å². The third-order valence-electron chi connectivity index (χ3n) is 5.61. The van der Waals surface area contributed by atoms with Gasteiger partial charge in [0.1, 0.15) is 17.1 Å². The summed E-state index contributed by atoms with van der Waals surface area (Å²) in [7, 11) is -0.185. The fraction of sp³-hybridized carbons (Fsp3) is 0.348. The van der Waals surface area contributed by atoms with Crippen molar-refractivity contribution in [1.29, 1.82) is 0 Å². The largest absolute Gasteiger partial charge is 0.497 e. The van der Waals surface area contributed by atoms with Gasteiger partial charge in [0.05, 0.1) is 26.0 Å². The van der Waals surface area contributed by atoms with Gasteiger partial charge in [0.2, 0.25) is 0 Å². The lowest BCUT2D eigenvalue weighted by molar-refractivity contribution is 0.0703. The number of para-hydroxylation sites is 1. The molecule has 164 valence electrons. The lowest BCUT2D eigenvalue weighted by Gasteiger charge is -2.26. The lowest BCUT2D eigenvalue weighted by atomic mass is 10.0. The van der Waals surface area contributed by atoms with Crippen LogP contribution in [0.25, 0.3) is 11.0 Å². The number of carbonyl (C=O) groups is 1. The molecule has 0 radical (unpaired) electrons. The molecule has 1 saturated heterocycles. The predicted octanol–water partition coefficient (Wildman–Crippen LogP) is 3.97. The Bertz CT molecular complexity index is 1230. The molecule has 2 heterocycles. The van der Waals surface area contributed by atoms with Crippen molar-refractivity contribution in [2.24, 2.45) is 0 Å². The van der Waals surface area contributed by atoms with E-state index in [9.17, 15) is 13.2 Å². The first-order valence-corrected chi connectivity index (χ1v) is 12.1. The molecule has 4 rings (SSSR count). The highest BCUT2D eigenvalue weighted by Crippen LogP contribution is 2.40. The number of methoxy groups -OCH3 is 2. The highest BCUT2D eigenvalue weighted by atomic mass is 32.2. The van der Waals surface area contributed by atoms with Gasteiger partial charge >= 0.3 is 0 Å². The van der Waals surface area contributed by atoms with Gasteiger partial charge in [-0.15, -0.1) is 0 Å². The number of sulfone groups is 1. The molecule has 31 heavy (non-hydrogen) atoms. The Morgan fingerprint density at radius 2 is 1.94 bits per heavy atom. The van der Waals surface area contributed by atoms with Crippen LogP contribution in [-0.4, -0.2) is 46.2 Å². The van der Waals surface area contributed by atoms with Gasteiger partial charge in [0.15, 0.2) is 15.6 Å². The van der Waals surface area contributed by atoms with E-state index in [4.69, 9.17) is 13.9 Å². The van der Waals surface area contributed by atoms with Gasteiger partial charge in [-0.1, -0.05) is 18.2 Å². The second-order valence-electron chi connectivity index (χ2n) is 7.74. The monoisotopic (exact) mass is 443 g/mol. The maximum atomic E-state index is 13.6. The van der Waals surface area contributed by atoms with Gasteiger partial charge in [-0.2, -0.15) is 0 Å². The van der Waals surface area contributed by atoms with Crippen LogP contribution in [0.1, 0.15) is 40.6 Å². The molecule has 7 nitrogen and oxygen atoms in total. The van der Waals surface area contributed by atoms with Crippen molar-refractivity contribution in [1.82, 2.24) is 4.90 Å². The number of rotatable bonds is 6. The number of furan rings is 1. The number of benzene rings is 2. The van der Waals surface area contributed by atoms with Gasteiger partial charge in [-0.25, -0.2) is 8.42 Å². The minimum Gasteiger partial charge on any atom is -0.497 e. The number of nitrogens with zero attached hydrogens (tertiary/aromatic N) is 1. The summed E-state index contributed by atoms with van der Waals surface area (Å²) >= 11 is 0. The zero-order valence-corrected chi connectivity index (χ0v) is 18.6. The van der Waals surface area contributed by atoms with Crippen LogP contribution < -0.4 is 9.47 Å². The summed E-state index contributed by atoms with van der Waals surface area (Å²) in [6, 6.07) is 12.4. The number of hydrogen-bond acceptors (Lipinski definition) is 6. The third kappa shape index (κ3) is 4.12. The van der Waals surface area contributed by atoms with Crippen LogP contribution in [0.3, 0.4) is 0 Å². The average Bonchev–Trinajstić information content (AvgIpc) is 3.37. The summed E-state index contributed by atoms with van der Waals surface area (Å²) in [4.78, 5) is 15.4. The number of ether oxygens (including phenoxy) is 2. The fourth-order valence-corrected chi connectivity index (χ4v) is 5.05. The second-order valence-corrected chi connectivity index (χ2v) is 9.88. The topological polar surface area (TPSA) is 86.1 Å². The van der Waals surface area contributed by atoms with E-state index >= 15 is 0 Å². The van der Waals surface area contributed by atoms with Crippen LogP contribution in [0.15, 0.2) is 46.9 Å². The van der Waals surface area contributed by atoms with E-state index in [1.165, 1.54) is 0 Å². The van der Waals surface area contributed by atoms with Crippen molar-refractivity contribution in [2.75, 3.05) is 27.0 Å². The van der Waals surface area contributed by atoms with E-state index in [-0.39, 0.29) is 23.5 Å². The van der Waals surface area contributed by atoms with E-state index in [2.05, 4.69) is 0 Å². The second kappa shape index (κ2) is 8.26. The molecule has 1 aliphatic rings. The summed E-state index contributed by atoms with van der Waals surface area (Å²) in [6.07, 6.45) is 2.73.